The van der Waals surface area contributed by atoms with Crippen molar-refractivity contribution < 1.29 is 35.3 Å². The number of methoxy groups -OCH3 is 1. The molecule has 0 unspecified atom stereocenters. The Balaban J connectivity index is 1.92. The molecule has 0 radical (unpaired) electrons. The van der Waals surface area contributed by atoms with Crippen LogP contribution in [-0.2, 0) is 21.1 Å². The van der Waals surface area contributed by atoms with Gasteiger partial charge in [-0.2, -0.15) is 21.6 Å². The van der Waals surface area contributed by atoms with Gasteiger partial charge in [0.05, 0.1) is 29.5 Å². The van der Waals surface area contributed by atoms with Crippen LogP contribution in [0.4, 0.5) is 18.9 Å². The van der Waals surface area contributed by atoms with E-state index < -0.39 is 27.8 Å². The van der Waals surface area contributed by atoms with Crippen LogP contribution in [0.3, 0.4) is 0 Å². The predicted octanol–water partition coefficient (Wildman–Crippen LogP) is 4.46. The molecular weight excluding hydrogens is 475 g/mol. The van der Waals surface area contributed by atoms with Gasteiger partial charge in [0.25, 0.3) is 5.91 Å². The summed E-state index contributed by atoms with van der Waals surface area (Å²) in [6.45, 7) is 0. The molecule has 2 aromatic rings. The molecule has 0 bridgehead atoms. The smallest absolute Gasteiger partial charge is 0.416 e. The highest BCUT2D eigenvalue weighted by Crippen LogP contribution is 2.39. The minimum Gasteiger partial charge on any atom is -0.493 e. The number of anilines is 1. The molecule has 12 heteroatoms. The average Bonchev–Trinajstić information content (AvgIpc) is 2.94. The number of alkyl halides is 3. The normalized spacial score (nSPS) is 16.2. The Bertz CT molecular complexity index is 1190. The highest BCUT2D eigenvalue weighted by Gasteiger charge is 2.36. The number of benzene rings is 2. The Kier molecular flexibility index (Phi) is 6.35. The SMILES string of the molecule is COc1cc(/C=C2\SC(=S)N(c3cccc(C(F)(F)F)c3)C2=O)ccc1OS(C)(=O)=O. The number of ether oxygens (including phenoxy) is 1. The van der Waals surface area contributed by atoms with E-state index in [1.165, 1.54) is 43.5 Å². The summed E-state index contributed by atoms with van der Waals surface area (Å²) in [5.41, 5.74) is -0.410. The van der Waals surface area contributed by atoms with Crippen LogP contribution in [0.25, 0.3) is 6.08 Å². The molecule has 1 heterocycles. The van der Waals surface area contributed by atoms with Crippen molar-refractivity contribution in [3.05, 3.63) is 58.5 Å². The summed E-state index contributed by atoms with van der Waals surface area (Å²) in [6, 6.07) is 8.64. The van der Waals surface area contributed by atoms with Crippen LogP contribution in [0, 0.1) is 0 Å². The first-order valence-corrected chi connectivity index (χ1v) is 11.5. The number of hydrogen-bond donors (Lipinski definition) is 0. The molecule has 1 fully saturated rings. The van der Waals surface area contributed by atoms with Crippen molar-refractivity contribution in [2.45, 2.75) is 6.18 Å². The summed E-state index contributed by atoms with van der Waals surface area (Å²) in [4.78, 5) is 14.0. The van der Waals surface area contributed by atoms with Crippen molar-refractivity contribution >= 4 is 56.1 Å². The second-order valence-electron chi connectivity index (χ2n) is 6.26. The Morgan fingerprint density at radius 2 is 1.84 bits per heavy atom. The van der Waals surface area contributed by atoms with E-state index in [0.29, 0.717) is 5.56 Å². The second kappa shape index (κ2) is 8.52. The number of thioether (sulfide) groups is 1. The number of carbonyl (C=O) groups is 1. The predicted molar refractivity (Wildman–Crippen MR) is 116 cm³/mol. The fourth-order valence-electron chi connectivity index (χ4n) is 2.67. The van der Waals surface area contributed by atoms with Crippen LogP contribution in [0.1, 0.15) is 11.1 Å². The number of hydrogen-bond acceptors (Lipinski definition) is 7. The first-order valence-electron chi connectivity index (χ1n) is 8.42. The number of nitrogens with zero attached hydrogens (tertiary/aromatic N) is 1. The van der Waals surface area contributed by atoms with Crippen LogP contribution in [0.5, 0.6) is 11.5 Å². The first-order chi connectivity index (χ1) is 14.4. The average molecular weight is 490 g/mol. The van der Waals surface area contributed by atoms with Crippen LogP contribution >= 0.6 is 24.0 Å². The van der Waals surface area contributed by atoms with E-state index >= 15 is 0 Å². The van der Waals surface area contributed by atoms with Crippen LogP contribution in [0.2, 0.25) is 0 Å². The molecule has 31 heavy (non-hydrogen) atoms. The number of amides is 1. The van der Waals surface area contributed by atoms with Gasteiger partial charge in [-0.1, -0.05) is 36.1 Å². The molecule has 1 amide bonds. The summed E-state index contributed by atoms with van der Waals surface area (Å²) < 4.78 is 71.7. The highest BCUT2D eigenvalue weighted by atomic mass is 32.2. The topological polar surface area (TPSA) is 72.9 Å². The standard InChI is InChI=1S/C19H14F3NO5S3/c1-27-15-8-11(6-7-14(15)28-31(2,25)26)9-16-17(24)23(18(29)30-16)13-5-3-4-12(10-13)19(20,21)22/h3-10H,1-2H3/b16-9-. The molecule has 1 aliphatic rings. The Hall–Kier alpha value is -2.57. The van der Waals surface area contributed by atoms with E-state index in [9.17, 15) is 26.4 Å². The number of carbonyl (C=O) groups excluding carboxylic acids is 1. The number of rotatable bonds is 5. The third-order valence-corrected chi connectivity index (χ3v) is 5.74. The molecule has 0 atom stereocenters. The van der Waals surface area contributed by atoms with E-state index in [0.717, 1.165) is 35.1 Å². The minimum absolute atomic E-state index is 0.00945. The molecule has 0 aromatic heterocycles. The number of thiocarbonyl (C=S) groups is 1. The third kappa shape index (κ3) is 5.38. The molecule has 6 nitrogen and oxygen atoms in total. The van der Waals surface area contributed by atoms with Gasteiger partial charge in [-0.25, -0.2) is 0 Å². The van der Waals surface area contributed by atoms with Crippen molar-refractivity contribution in [1.29, 1.82) is 0 Å². The van der Waals surface area contributed by atoms with Gasteiger partial charge in [-0.15, -0.1) is 0 Å². The van der Waals surface area contributed by atoms with Gasteiger partial charge in [0.2, 0.25) is 0 Å². The molecule has 0 aliphatic carbocycles. The van der Waals surface area contributed by atoms with E-state index in [-0.39, 0.29) is 26.4 Å². The van der Waals surface area contributed by atoms with Gasteiger partial charge < -0.3 is 8.92 Å². The third-order valence-electron chi connectivity index (χ3n) is 3.95. The van der Waals surface area contributed by atoms with Gasteiger partial charge in [0, 0.05) is 0 Å². The van der Waals surface area contributed by atoms with Gasteiger partial charge >= 0.3 is 16.3 Å². The quantitative estimate of drug-likeness (QED) is 0.349. The molecular formula is C19H14F3NO5S3. The van der Waals surface area contributed by atoms with Crippen LogP contribution < -0.4 is 13.8 Å². The first kappa shape index (κ1) is 23.1. The zero-order chi connectivity index (χ0) is 23.0. The van der Waals surface area contributed by atoms with Gasteiger partial charge in [0.1, 0.15) is 0 Å². The monoisotopic (exact) mass is 489 g/mol. The maximum absolute atomic E-state index is 13.0. The molecule has 2 aromatic carbocycles. The second-order valence-corrected chi connectivity index (χ2v) is 9.51. The van der Waals surface area contributed by atoms with Gasteiger partial charge in [-0.3, -0.25) is 9.69 Å². The van der Waals surface area contributed by atoms with Crippen molar-refractivity contribution in [2.24, 2.45) is 0 Å². The minimum atomic E-state index is -4.56. The lowest BCUT2D eigenvalue weighted by atomic mass is 10.1. The molecule has 1 saturated heterocycles. The highest BCUT2D eigenvalue weighted by molar-refractivity contribution is 8.27. The fourth-order valence-corrected chi connectivity index (χ4v) is 4.43. The summed E-state index contributed by atoms with van der Waals surface area (Å²) >= 11 is 6.13. The Morgan fingerprint density at radius 3 is 2.45 bits per heavy atom. The molecule has 164 valence electrons. The van der Waals surface area contributed by atoms with Gasteiger partial charge in [0.15, 0.2) is 15.8 Å². The number of halogens is 3. The fraction of sp³-hybridized carbons (Fsp3) is 0.158. The summed E-state index contributed by atoms with van der Waals surface area (Å²) in [6.07, 6.45) is -2.20. The Labute approximate surface area is 185 Å². The van der Waals surface area contributed by atoms with Gasteiger partial charge in [-0.05, 0) is 42.0 Å². The molecule has 3 rings (SSSR count). The van der Waals surface area contributed by atoms with Crippen molar-refractivity contribution in [3.63, 3.8) is 0 Å². The van der Waals surface area contributed by atoms with Crippen molar-refractivity contribution in [3.8, 4) is 11.5 Å². The lowest BCUT2D eigenvalue weighted by Gasteiger charge is -2.16. The van der Waals surface area contributed by atoms with E-state index in [4.69, 9.17) is 21.1 Å². The molecule has 0 saturated carbocycles. The zero-order valence-electron chi connectivity index (χ0n) is 16.0. The van der Waals surface area contributed by atoms with E-state index in [1.807, 2.05) is 0 Å². The molecule has 0 N–H and O–H groups in total. The zero-order valence-corrected chi connectivity index (χ0v) is 18.4. The summed E-state index contributed by atoms with van der Waals surface area (Å²) in [7, 11) is -2.45. The van der Waals surface area contributed by atoms with Crippen LogP contribution in [-0.4, -0.2) is 32.0 Å². The summed E-state index contributed by atoms with van der Waals surface area (Å²) in [5, 5.41) is 0. The van der Waals surface area contributed by atoms with Crippen molar-refractivity contribution in [2.75, 3.05) is 18.3 Å². The Morgan fingerprint density at radius 1 is 1.13 bits per heavy atom. The molecule has 0 spiro atoms. The largest absolute Gasteiger partial charge is 0.493 e. The van der Waals surface area contributed by atoms with Crippen molar-refractivity contribution in [1.82, 2.24) is 0 Å². The lowest BCUT2D eigenvalue weighted by molar-refractivity contribution is -0.137. The van der Waals surface area contributed by atoms with E-state index in [2.05, 4.69) is 0 Å². The van der Waals surface area contributed by atoms with Crippen LogP contribution in [0.15, 0.2) is 47.4 Å². The summed E-state index contributed by atoms with van der Waals surface area (Å²) in [5.74, 6) is -0.490. The van der Waals surface area contributed by atoms with E-state index in [1.54, 1.807) is 0 Å². The lowest BCUT2D eigenvalue weighted by Crippen LogP contribution is -2.27. The maximum atomic E-state index is 13.0. The maximum Gasteiger partial charge on any atom is 0.416 e. The molecule has 1 aliphatic heterocycles.